The molecule has 2 aromatic rings. The van der Waals surface area contributed by atoms with Crippen LogP contribution in [0.25, 0.3) is 0 Å². The first-order valence-corrected chi connectivity index (χ1v) is 5.31. The Morgan fingerprint density at radius 2 is 1.94 bits per heavy atom. The number of hydrogen-bond donors (Lipinski definition) is 1. The Hall–Kier alpha value is -2.10. The largest absolute Gasteiger partial charge is 0.397 e. The molecule has 88 valence electrons. The predicted molar refractivity (Wildman–Crippen MR) is 67.2 cm³/mol. The van der Waals surface area contributed by atoms with Gasteiger partial charge in [-0.3, -0.25) is 4.98 Å². The minimum Gasteiger partial charge on any atom is -0.397 e. The van der Waals surface area contributed by atoms with Gasteiger partial charge in [0.05, 0.1) is 17.6 Å². The van der Waals surface area contributed by atoms with E-state index in [1.165, 1.54) is 12.1 Å². The second-order valence-electron chi connectivity index (χ2n) is 3.96. The van der Waals surface area contributed by atoms with Crippen LogP contribution < -0.4 is 10.6 Å². The smallest absolute Gasteiger partial charge is 0.123 e. The van der Waals surface area contributed by atoms with Gasteiger partial charge in [0.1, 0.15) is 5.82 Å². The van der Waals surface area contributed by atoms with Crippen LogP contribution in [0.4, 0.5) is 15.8 Å². The fourth-order valence-electron chi connectivity index (χ4n) is 1.61. The van der Waals surface area contributed by atoms with E-state index >= 15 is 0 Å². The van der Waals surface area contributed by atoms with Gasteiger partial charge in [-0.1, -0.05) is 12.1 Å². The van der Waals surface area contributed by atoms with Crippen LogP contribution in [0.1, 0.15) is 5.56 Å². The Bertz CT molecular complexity index is 496. The van der Waals surface area contributed by atoms with Crippen LogP contribution in [-0.4, -0.2) is 12.0 Å². The highest BCUT2D eigenvalue weighted by atomic mass is 19.1. The number of nitrogen functional groups attached to an aromatic ring is 1. The van der Waals surface area contributed by atoms with Crippen molar-refractivity contribution >= 4 is 11.4 Å². The quantitative estimate of drug-likeness (QED) is 0.882. The van der Waals surface area contributed by atoms with Gasteiger partial charge in [-0.25, -0.2) is 4.39 Å². The van der Waals surface area contributed by atoms with Gasteiger partial charge in [0.25, 0.3) is 0 Å². The minimum absolute atomic E-state index is 0.220. The highest BCUT2D eigenvalue weighted by Crippen LogP contribution is 2.16. The number of nitrogens with two attached hydrogens (primary N) is 1. The molecule has 4 heteroatoms. The van der Waals surface area contributed by atoms with Crippen molar-refractivity contribution in [1.29, 1.82) is 0 Å². The molecule has 0 aliphatic heterocycles. The molecular formula is C13H14FN3. The molecule has 2 rings (SSSR count). The van der Waals surface area contributed by atoms with Gasteiger partial charge >= 0.3 is 0 Å². The summed E-state index contributed by atoms with van der Waals surface area (Å²) in [5, 5.41) is 0. The van der Waals surface area contributed by atoms with Crippen molar-refractivity contribution in [2.75, 3.05) is 17.7 Å². The summed E-state index contributed by atoms with van der Waals surface area (Å²) < 4.78 is 12.8. The van der Waals surface area contributed by atoms with E-state index in [1.54, 1.807) is 24.5 Å². The lowest BCUT2D eigenvalue weighted by Crippen LogP contribution is -2.16. The summed E-state index contributed by atoms with van der Waals surface area (Å²) in [6.45, 7) is 0.686. The Balaban J connectivity index is 2.11. The molecule has 2 N–H and O–H groups in total. The Kier molecular flexibility index (Phi) is 3.23. The molecule has 0 radical (unpaired) electrons. The van der Waals surface area contributed by atoms with Crippen molar-refractivity contribution < 1.29 is 4.39 Å². The first-order valence-electron chi connectivity index (χ1n) is 5.31. The lowest BCUT2D eigenvalue weighted by molar-refractivity contribution is 0.627. The SMILES string of the molecule is CN(Cc1ccc(F)cc1)c1cncc(N)c1. The van der Waals surface area contributed by atoms with Crippen LogP contribution >= 0.6 is 0 Å². The zero-order chi connectivity index (χ0) is 12.3. The number of aromatic nitrogens is 1. The highest BCUT2D eigenvalue weighted by molar-refractivity contribution is 5.52. The summed E-state index contributed by atoms with van der Waals surface area (Å²) >= 11 is 0. The second kappa shape index (κ2) is 4.82. The standard InChI is InChI=1S/C13H14FN3/c1-17(13-6-12(15)7-16-8-13)9-10-2-4-11(14)5-3-10/h2-8H,9,15H2,1H3. The van der Waals surface area contributed by atoms with Gasteiger partial charge in [-0.05, 0) is 23.8 Å². The van der Waals surface area contributed by atoms with E-state index in [9.17, 15) is 4.39 Å². The number of pyridine rings is 1. The molecule has 1 aromatic carbocycles. The maximum Gasteiger partial charge on any atom is 0.123 e. The molecule has 17 heavy (non-hydrogen) atoms. The zero-order valence-corrected chi connectivity index (χ0v) is 9.60. The van der Waals surface area contributed by atoms with Gasteiger partial charge in [0, 0.05) is 19.8 Å². The molecule has 0 aliphatic carbocycles. The fourth-order valence-corrected chi connectivity index (χ4v) is 1.61. The molecule has 0 saturated carbocycles. The number of rotatable bonds is 3. The fraction of sp³-hybridized carbons (Fsp3) is 0.154. The third-order valence-corrected chi connectivity index (χ3v) is 2.52. The molecule has 3 nitrogen and oxygen atoms in total. The van der Waals surface area contributed by atoms with Crippen molar-refractivity contribution in [2.45, 2.75) is 6.54 Å². The summed E-state index contributed by atoms with van der Waals surface area (Å²) in [7, 11) is 1.94. The zero-order valence-electron chi connectivity index (χ0n) is 9.60. The molecule has 0 amide bonds. The summed E-state index contributed by atoms with van der Waals surface area (Å²) in [6, 6.07) is 8.31. The minimum atomic E-state index is -0.220. The number of nitrogens with zero attached hydrogens (tertiary/aromatic N) is 2. The first-order chi connectivity index (χ1) is 8.15. The van der Waals surface area contributed by atoms with Gasteiger partial charge in [-0.15, -0.1) is 0 Å². The third-order valence-electron chi connectivity index (χ3n) is 2.52. The van der Waals surface area contributed by atoms with E-state index in [0.717, 1.165) is 11.3 Å². The molecule has 0 atom stereocenters. The Morgan fingerprint density at radius 1 is 1.24 bits per heavy atom. The van der Waals surface area contributed by atoms with E-state index in [-0.39, 0.29) is 5.82 Å². The van der Waals surface area contributed by atoms with Gasteiger partial charge in [-0.2, -0.15) is 0 Å². The molecular weight excluding hydrogens is 217 g/mol. The van der Waals surface area contributed by atoms with Gasteiger partial charge in [0.15, 0.2) is 0 Å². The van der Waals surface area contributed by atoms with Crippen LogP contribution in [0, 0.1) is 5.82 Å². The maximum absolute atomic E-state index is 12.8. The molecule has 0 fully saturated rings. The van der Waals surface area contributed by atoms with E-state index in [1.807, 2.05) is 18.0 Å². The average molecular weight is 231 g/mol. The molecule has 0 aliphatic rings. The normalized spacial score (nSPS) is 10.2. The van der Waals surface area contributed by atoms with Gasteiger partial charge < -0.3 is 10.6 Å². The van der Waals surface area contributed by atoms with Crippen LogP contribution in [0.3, 0.4) is 0 Å². The lowest BCUT2D eigenvalue weighted by Gasteiger charge is -2.19. The Morgan fingerprint density at radius 3 is 2.59 bits per heavy atom. The van der Waals surface area contributed by atoms with Crippen LogP contribution in [0.5, 0.6) is 0 Å². The molecule has 0 bridgehead atoms. The summed E-state index contributed by atoms with van der Waals surface area (Å²) in [6.07, 6.45) is 3.36. The average Bonchev–Trinajstić information content (AvgIpc) is 2.32. The van der Waals surface area contributed by atoms with Crippen molar-refractivity contribution in [2.24, 2.45) is 0 Å². The van der Waals surface area contributed by atoms with E-state index in [0.29, 0.717) is 12.2 Å². The molecule has 0 spiro atoms. The predicted octanol–water partition coefficient (Wildman–Crippen LogP) is 2.44. The first kappa shape index (κ1) is 11.4. The highest BCUT2D eigenvalue weighted by Gasteiger charge is 2.03. The molecule has 0 unspecified atom stereocenters. The van der Waals surface area contributed by atoms with Crippen molar-refractivity contribution in [3.63, 3.8) is 0 Å². The van der Waals surface area contributed by atoms with E-state index in [4.69, 9.17) is 5.73 Å². The summed E-state index contributed by atoms with van der Waals surface area (Å²) in [5.41, 5.74) is 8.28. The van der Waals surface area contributed by atoms with Crippen molar-refractivity contribution in [3.8, 4) is 0 Å². The maximum atomic E-state index is 12.8. The van der Waals surface area contributed by atoms with Crippen LogP contribution in [0.2, 0.25) is 0 Å². The number of halogens is 1. The van der Waals surface area contributed by atoms with Crippen molar-refractivity contribution in [3.05, 3.63) is 54.1 Å². The molecule has 0 saturated heterocycles. The monoisotopic (exact) mass is 231 g/mol. The number of benzene rings is 1. The summed E-state index contributed by atoms with van der Waals surface area (Å²) in [5.74, 6) is -0.220. The van der Waals surface area contributed by atoms with E-state index < -0.39 is 0 Å². The van der Waals surface area contributed by atoms with Crippen molar-refractivity contribution in [1.82, 2.24) is 4.98 Å². The van der Waals surface area contributed by atoms with Crippen LogP contribution in [-0.2, 0) is 6.54 Å². The topological polar surface area (TPSA) is 42.2 Å². The second-order valence-corrected chi connectivity index (χ2v) is 3.96. The molecule has 1 aromatic heterocycles. The number of hydrogen-bond acceptors (Lipinski definition) is 3. The lowest BCUT2D eigenvalue weighted by atomic mass is 10.2. The summed E-state index contributed by atoms with van der Waals surface area (Å²) in [4.78, 5) is 6.04. The Labute approximate surface area is 99.7 Å². The third kappa shape index (κ3) is 2.93. The van der Waals surface area contributed by atoms with Crippen LogP contribution in [0.15, 0.2) is 42.7 Å². The molecule has 1 heterocycles. The van der Waals surface area contributed by atoms with E-state index in [2.05, 4.69) is 4.98 Å². The van der Waals surface area contributed by atoms with Gasteiger partial charge in [0.2, 0.25) is 0 Å². The number of anilines is 2.